The van der Waals surface area contributed by atoms with E-state index < -0.39 is 11.7 Å². The Bertz CT molecular complexity index is 392. The van der Waals surface area contributed by atoms with Gasteiger partial charge in [0.2, 0.25) is 0 Å². The number of nitrogens with zero attached hydrogens (tertiary/aromatic N) is 1. The first-order valence-corrected chi connectivity index (χ1v) is 5.97. The Labute approximate surface area is 99.9 Å². The van der Waals surface area contributed by atoms with Crippen LogP contribution >= 0.6 is 0 Å². The summed E-state index contributed by atoms with van der Waals surface area (Å²) in [6, 6.07) is 3.93. The Morgan fingerprint density at radius 2 is 1.82 bits per heavy atom. The maximum Gasteiger partial charge on any atom is 0.260 e. The van der Waals surface area contributed by atoms with Crippen molar-refractivity contribution in [1.29, 1.82) is 0 Å². The van der Waals surface area contributed by atoms with Gasteiger partial charge in [0.15, 0.2) is 0 Å². The standard InChI is InChI=1S/C13H16FNO2/c14-10-6-5-7-11(16)12(10)13(17)15-8-3-1-2-4-9-15/h5-7,16H,1-4,8-9H2. The van der Waals surface area contributed by atoms with Crippen molar-refractivity contribution in [2.24, 2.45) is 0 Å². The number of carbonyl (C=O) groups is 1. The molecule has 1 aliphatic rings. The molecular weight excluding hydrogens is 221 g/mol. The van der Waals surface area contributed by atoms with Gasteiger partial charge in [-0.05, 0) is 25.0 Å². The minimum absolute atomic E-state index is 0.200. The molecule has 0 aromatic heterocycles. The third-order valence-electron chi connectivity index (χ3n) is 3.10. The van der Waals surface area contributed by atoms with Gasteiger partial charge in [0, 0.05) is 13.1 Å². The summed E-state index contributed by atoms with van der Waals surface area (Å²) in [6.07, 6.45) is 4.10. The number of aromatic hydroxyl groups is 1. The van der Waals surface area contributed by atoms with Crippen molar-refractivity contribution < 1.29 is 14.3 Å². The van der Waals surface area contributed by atoms with Crippen LogP contribution in [-0.2, 0) is 0 Å². The highest BCUT2D eigenvalue weighted by molar-refractivity contribution is 5.97. The molecule has 4 heteroatoms. The molecule has 0 radical (unpaired) electrons. The normalized spacial score (nSPS) is 16.6. The van der Waals surface area contributed by atoms with Crippen molar-refractivity contribution in [2.75, 3.05) is 13.1 Å². The number of amides is 1. The second-order valence-electron chi connectivity index (χ2n) is 4.34. The zero-order valence-corrected chi connectivity index (χ0v) is 9.66. The number of phenolic OH excluding ortho intramolecular Hbond substituents is 1. The maximum absolute atomic E-state index is 13.5. The van der Waals surface area contributed by atoms with Crippen molar-refractivity contribution in [3.05, 3.63) is 29.6 Å². The molecule has 0 aliphatic carbocycles. The van der Waals surface area contributed by atoms with E-state index in [2.05, 4.69) is 0 Å². The largest absolute Gasteiger partial charge is 0.507 e. The zero-order valence-electron chi connectivity index (χ0n) is 9.66. The van der Waals surface area contributed by atoms with Crippen LogP contribution in [0.5, 0.6) is 5.75 Å². The summed E-state index contributed by atoms with van der Waals surface area (Å²) in [5.41, 5.74) is -0.200. The molecule has 0 spiro atoms. The van der Waals surface area contributed by atoms with Gasteiger partial charge in [-0.25, -0.2) is 4.39 Å². The van der Waals surface area contributed by atoms with Crippen molar-refractivity contribution in [3.63, 3.8) is 0 Å². The quantitative estimate of drug-likeness (QED) is 0.815. The minimum atomic E-state index is -0.653. The number of rotatable bonds is 1. The Morgan fingerprint density at radius 3 is 2.41 bits per heavy atom. The number of benzene rings is 1. The van der Waals surface area contributed by atoms with E-state index in [0.29, 0.717) is 13.1 Å². The van der Waals surface area contributed by atoms with Crippen LogP contribution in [0.2, 0.25) is 0 Å². The zero-order chi connectivity index (χ0) is 12.3. The first-order valence-electron chi connectivity index (χ1n) is 5.97. The lowest BCUT2D eigenvalue weighted by Crippen LogP contribution is -2.32. The number of halogens is 1. The Balaban J connectivity index is 2.23. The monoisotopic (exact) mass is 237 g/mol. The lowest BCUT2D eigenvalue weighted by Gasteiger charge is -2.20. The average Bonchev–Trinajstić information content (AvgIpc) is 2.57. The highest BCUT2D eigenvalue weighted by Crippen LogP contribution is 2.23. The molecule has 3 nitrogen and oxygen atoms in total. The Hall–Kier alpha value is -1.58. The minimum Gasteiger partial charge on any atom is -0.507 e. The number of hydrogen-bond acceptors (Lipinski definition) is 2. The molecule has 0 saturated carbocycles. The van der Waals surface area contributed by atoms with Crippen LogP contribution in [0.4, 0.5) is 4.39 Å². The smallest absolute Gasteiger partial charge is 0.260 e. The van der Waals surface area contributed by atoms with E-state index in [-0.39, 0.29) is 11.3 Å². The van der Waals surface area contributed by atoms with Crippen LogP contribution < -0.4 is 0 Å². The molecule has 0 bridgehead atoms. The topological polar surface area (TPSA) is 40.5 Å². The number of hydrogen-bond donors (Lipinski definition) is 1. The first-order chi connectivity index (χ1) is 8.20. The average molecular weight is 237 g/mol. The lowest BCUT2D eigenvalue weighted by atomic mass is 10.1. The summed E-state index contributed by atoms with van der Waals surface area (Å²) < 4.78 is 13.5. The summed E-state index contributed by atoms with van der Waals surface area (Å²) in [5, 5.41) is 9.58. The molecule has 1 saturated heterocycles. The molecule has 1 N–H and O–H groups in total. The molecule has 92 valence electrons. The fourth-order valence-electron chi connectivity index (χ4n) is 2.16. The van der Waals surface area contributed by atoms with Gasteiger partial charge >= 0.3 is 0 Å². The van der Waals surface area contributed by atoms with Crippen molar-refractivity contribution in [2.45, 2.75) is 25.7 Å². The third-order valence-corrected chi connectivity index (χ3v) is 3.10. The molecule has 1 heterocycles. The van der Waals surface area contributed by atoms with Gasteiger partial charge in [-0.15, -0.1) is 0 Å². The van der Waals surface area contributed by atoms with E-state index in [4.69, 9.17) is 0 Å². The lowest BCUT2D eigenvalue weighted by molar-refractivity contribution is 0.0753. The van der Waals surface area contributed by atoms with Gasteiger partial charge < -0.3 is 10.0 Å². The summed E-state index contributed by atoms with van der Waals surface area (Å²) in [7, 11) is 0. The van der Waals surface area contributed by atoms with E-state index in [1.54, 1.807) is 4.90 Å². The summed E-state index contributed by atoms with van der Waals surface area (Å²) >= 11 is 0. The number of carbonyl (C=O) groups excluding carboxylic acids is 1. The van der Waals surface area contributed by atoms with Crippen molar-refractivity contribution in [3.8, 4) is 5.75 Å². The van der Waals surface area contributed by atoms with Crippen LogP contribution in [0.1, 0.15) is 36.0 Å². The molecular formula is C13H16FNO2. The molecule has 1 aliphatic heterocycles. The second kappa shape index (κ2) is 5.17. The summed E-state index contributed by atoms with van der Waals surface area (Å²) in [6.45, 7) is 1.29. The van der Waals surface area contributed by atoms with Crippen molar-refractivity contribution in [1.82, 2.24) is 4.90 Å². The molecule has 2 rings (SSSR count). The fourth-order valence-corrected chi connectivity index (χ4v) is 2.16. The first kappa shape index (κ1) is 11.9. The molecule has 0 atom stereocenters. The third kappa shape index (κ3) is 2.57. The fraction of sp³-hybridized carbons (Fsp3) is 0.462. The number of likely N-dealkylation sites (tertiary alicyclic amines) is 1. The van der Waals surface area contributed by atoms with Crippen LogP contribution in [0.15, 0.2) is 18.2 Å². The molecule has 17 heavy (non-hydrogen) atoms. The molecule has 1 aromatic carbocycles. The predicted octanol–water partition coefficient (Wildman–Crippen LogP) is 2.55. The van der Waals surface area contributed by atoms with Crippen molar-refractivity contribution >= 4 is 5.91 Å². The predicted molar refractivity (Wildman–Crippen MR) is 62.4 cm³/mol. The SMILES string of the molecule is O=C(c1c(O)cccc1F)N1CCCCCC1. The van der Waals surface area contributed by atoms with Crippen LogP contribution in [0, 0.1) is 5.82 Å². The van der Waals surface area contributed by atoms with E-state index >= 15 is 0 Å². The van der Waals surface area contributed by atoms with Gasteiger partial charge in [-0.3, -0.25) is 4.79 Å². The molecule has 1 amide bonds. The molecule has 0 unspecified atom stereocenters. The highest BCUT2D eigenvalue weighted by atomic mass is 19.1. The van der Waals surface area contributed by atoms with E-state index in [1.807, 2.05) is 0 Å². The van der Waals surface area contributed by atoms with Gasteiger partial charge in [-0.2, -0.15) is 0 Å². The number of phenols is 1. The van der Waals surface area contributed by atoms with E-state index in [0.717, 1.165) is 25.7 Å². The molecule has 1 fully saturated rings. The van der Waals surface area contributed by atoms with E-state index in [9.17, 15) is 14.3 Å². The van der Waals surface area contributed by atoms with Gasteiger partial charge in [0.05, 0.1) is 0 Å². The van der Waals surface area contributed by atoms with Crippen LogP contribution in [0.3, 0.4) is 0 Å². The van der Waals surface area contributed by atoms with E-state index in [1.165, 1.54) is 18.2 Å². The summed E-state index contributed by atoms with van der Waals surface area (Å²) in [4.78, 5) is 13.8. The van der Waals surface area contributed by atoms with Crippen LogP contribution in [0.25, 0.3) is 0 Å². The van der Waals surface area contributed by atoms with Gasteiger partial charge in [0.1, 0.15) is 17.1 Å². The van der Waals surface area contributed by atoms with Gasteiger partial charge in [0.25, 0.3) is 5.91 Å². The Kier molecular flexibility index (Phi) is 3.61. The molecule has 1 aromatic rings. The summed E-state index contributed by atoms with van der Waals surface area (Å²) in [5.74, 6) is -1.33. The highest BCUT2D eigenvalue weighted by Gasteiger charge is 2.23. The second-order valence-corrected chi connectivity index (χ2v) is 4.34. The van der Waals surface area contributed by atoms with Gasteiger partial charge in [-0.1, -0.05) is 18.9 Å². The maximum atomic E-state index is 13.5. The Morgan fingerprint density at radius 1 is 1.18 bits per heavy atom. The van der Waals surface area contributed by atoms with Crippen LogP contribution in [-0.4, -0.2) is 29.0 Å².